The minimum absolute atomic E-state index is 0.00193. The van der Waals surface area contributed by atoms with Crippen LogP contribution in [0, 0.1) is 12.3 Å². The summed E-state index contributed by atoms with van der Waals surface area (Å²) in [5, 5.41) is 14.7. The molecule has 6 heteroatoms. The molecule has 1 amide bonds. The third kappa shape index (κ3) is 3.72. The molecule has 0 aliphatic heterocycles. The van der Waals surface area contributed by atoms with Gasteiger partial charge in [-0.3, -0.25) is 4.79 Å². The fraction of sp³-hybridized carbons (Fsp3) is 0.571. The molecule has 0 aliphatic rings. The number of rotatable bonds is 6. The average Bonchev–Trinajstić information content (AvgIpc) is 2.81. The Kier molecular flexibility index (Phi) is 5.56. The van der Waals surface area contributed by atoms with Gasteiger partial charge >= 0.3 is 0 Å². The molecule has 0 aliphatic carbocycles. The van der Waals surface area contributed by atoms with Crippen LogP contribution < -0.4 is 11.1 Å². The second kappa shape index (κ2) is 6.74. The average molecular weight is 297 g/mol. The zero-order chi connectivity index (χ0) is 15.3. The topological polar surface area (TPSA) is 87.7 Å². The maximum Gasteiger partial charge on any atom is 0.233 e. The van der Waals surface area contributed by atoms with Crippen LogP contribution in [0.4, 0.5) is 0 Å². The highest BCUT2D eigenvalue weighted by atomic mass is 32.1. The minimum atomic E-state index is -0.978. The maximum absolute atomic E-state index is 12.3. The number of aryl methyl sites for hydroxylation is 1. The van der Waals surface area contributed by atoms with Crippen LogP contribution >= 0.6 is 11.3 Å². The number of hydrogen-bond donors (Lipinski definition) is 3. The molecule has 4 N–H and O–H groups in total. The number of nitrogens with one attached hydrogen (secondary N) is 1. The van der Waals surface area contributed by atoms with E-state index >= 15 is 0 Å². The van der Waals surface area contributed by atoms with Crippen LogP contribution in [0.3, 0.4) is 0 Å². The molecule has 0 saturated heterocycles. The van der Waals surface area contributed by atoms with Crippen molar-refractivity contribution in [3.63, 3.8) is 0 Å². The predicted octanol–water partition coefficient (Wildman–Crippen LogP) is 2.27. The number of oxime groups is 1. The van der Waals surface area contributed by atoms with E-state index in [1.165, 1.54) is 9.75 Å². The molecule has 20 heavy (non-hydrogen) atoms. The lowest BCUT2D eigenvalue weighted by atomic mass is 9.85. The lowest BCUT2D eigenvalue weighted by molar-refractivity contribution is -0.127. The van der Waals surface area contributed by atoms with Crippen molar-refractivity contribution in [1.82, 2.24) is 5.32 Å². The van der Waals surface area contributed by atoms with E-state index in [1.807, 2.05) is 13.8 Å². The number of thiophene rings is 1. The van der Waals surface area contributed by atoms with Crippen molar-refractivity contribution in [2.24, 2.45) is 16.3 Å². The van der Waals surface area contributed by atoms with E-state index in [-0.39, 0.29) is 17.8 Å². The zero-order valence-corrected chi connectivity index (χ0v) is 13.3. The monoisotopic (exact) mass is 297 g/mol. The number of hydrogen-bond acceptors (Lipinski definition) is 4. The van der Waals surface area contributed by atoms with Gasteiger partial charge in [-0.2, -0.15) is 0 Å². The molecular weight excluding hydrogens is 274 g/mol. The Morgan fingerprint density at radius 2 is 2.25 bits per heavy atom. The van der Waals surface area contributed by atoms with Gasteiger partial charge in [0.15, 0.2) is 5.84 Å². The van der Waals surface area contributed by atoms with E-state index in [0.29, 0.717) is 6.42 Å². The molecule has 1 aromatic heterocycles. The molecule has 0 bridgehead atoms. The molecule has 2 atom stereocenters. The number of amidine groups is 1. The summed E-state index contributed by atoms with van der Waals surface area (Å²) < 4.78 is 0. The molecule has 0 radical (unpaired) electrons. The van der Waals surface area contributed by atoms with Crippen molar-refractivity contribution in [1.29, 1.82) is 0 Å². The van der Waals surface area contributed by atoms with Crippen molar-refractivity contribution in [2.75, 3.05) is 0 Å². The van der Waals surface area contributed by atoms with Gasteiger partial charge in [-0.15, -0.1) is 11.3 Å². The fourth-order valence-electron chi connectivity index (χ4n) is 1.90. The molecule has 0 aromatic carbocycles. The van der Waals surface area contributed by atoms with Crippen molar-refractivity contribution < 1.29 is 10.0 Å². The van der Waals surface area contributed by atoms with Gasteiger partial charge in [0.05, 0.1) is 0 Å². The number of carbonyl (C=O) groups excluding carboxylic acids is 1. The Morgan fingerprint density at radius 3 is 2.70 bits per heavy atom. The van der Waals surface area contributed by atoms with E-state index in [9.17, 15) is 4.79 Å². The van der Waals surface area contributed by atoms with Crippen LogP contribution in [0.1, 0.15) is 36.9 Å². The van der Waals surface area contributed by atoms with E-state index in [0.717, 1.165) is 6.42 Å². The molecule has 2 unspecified atom stereocenters. The normalized spacial score (nSPS) is 16.5. The number of carbonyl (C=O) groups is 1. The summed E-state index contributed by atoms with van der Waals surface area (Å²) >= 11 is 1.73. The summed E-state index contributed by atoms with van der Waals surface area (Å²) in [5.74, 6) is -0.271. The van der Waals surface area contributed by atoms with Crippen LogP contribution in [-0.4, -0.2) is 23.0 Å². The largest absolute Gasteiger partial charge is 0.409 e. The van der Waals surface area contributed by atoms with Crippen molar-refractivity contribution in [2.45, 2.75) is 46.6 Å². The van der Waals surface area contributed by atoms with Crippen molar-refractivity contribution in [3.8, 4) is 0 Å². The number of nitrogens with two attached hydrogens (primary N) is 1. The number of amides is 1. The Balaban J connectivity index is 2.69. The standard InChI is InChI=1S/C14H23N3O2S/c1-5-14(4,12(15)17-19)13(18)16-9(2)8-11-7-6-10(3)20-11/h6-7,9,19H,5,8H2,1-4H3,(H2,15,17)(H,16,18). The smallest absolute Gasteiger partial charge is 0.233 e. The molecule has 1 heterocycles. The van der Waals surface area contributed by atoms with Gasteiger partial charge in [-0.1, -0.05) is 12.1 Å². The van der Waals surface area contributed by atoms with Gasteiger partial charge in [0.1, 0.15) is 5.41 Å². The molecule has 112 valence electrons. The molecule has 0 saturated carbocycles. The van der Waals surface area contributed by atoms with Crippen LogP contribution in [0.15, 0.2) is 17.3 Å². The first-order valence-electron chi connectivity index (χ1n) is 6.67. The van der Waals surface area contributed by atoms with E-state index < -0.39 is 5.41 Å². The highest BCUT2D eigenvalue weighted by Crippen LogP contribution is 2.22. The van der Waals surface area contributed by atoms with Crippen LogP contribution in [0.25, 0.3) is 0 Å². The Labute approximate surface area is 123 Å². The van der Waals surface area contributed by atoms with Gasteiger partial charge in [-0.25, -0.2) is 0 Å². The van der Waals surface area contributed by atoms with E-state index in [4.69, 9.17) is 10.9 Å². The quantitative estimate of drug-likeness (QED) is 0.326. The first-order chi connectivity index (χ1) is 9.33. The molecule has 1 rings (SSSR count). The van der Waals surface area contributed by atoms with E-state index in [1.54, 1.807) is 18.3 Å². The highest BCUT2D eigenvalue weighted by Gasteiger charge is 2.36. The van der Waals surface area contributed by atoms with Gasteiger partial charge in [-0.05, 0) is 39.3 Å². The van der Waals surface area contributed by atoms with Crippen LogP contribution in [-0.2, 0) is 11.2 Å². The molecule has 1 aromatic rings. The van der Waals surface area contributed by atoms with Crippen molar-refractivity contribution in [3.05, 3.63) is 21.9 Å². The minimum Gasteiger partial charge on any atom is -0.409 e. The summed E-state index contributed by atoms with van der Waals surface area (Å²) in [6.07, 6.45) is 1.25. The Bertz CT molecular complexity index is 498. The second-order valence-electron chi connectivity index (χ2n) is 5.26. The predicted molar refractivity (Wildman–Crippen MR) is 82.2 cm³/mol. The Hall–Kier alpha value is -1.56. The first-order valence-corrected chi connectivity index (χ1v) is 7.49. The highest BCUT2D eigenvalue weighted by molar-refractivity contribution is 7.11. The molecule has 5 nitrogen and oxygen atoms in total. The third-order valence-electron chi connectivity index (χ3n) is 3.56. The third-order valence-corrected chi connectivity index (χ3v) is 4.59. The van der Waals surface area contributed by atoms with Crippen LogP contribution in [0.5, 0.6) is 0 Å². The summed E-state index contributed by atoms with van der Waals surface area (Å²) in [6, 6.07) is 4.14. The first kappa shape index (κ1) is 16.5. The molecule has 0 fully saturated rings. The van der Waals surface area contributed by atoms with Crippen LogP contribution in [0.2, 0.25) is 0 Å². The van der Waals surface area contributed by atoms with E-state index in [2.05, 4.69) is 29.5 Å². The SMILES string of the molecule is CCC(C)(C(=O)NC(C)Cc1ccc(C)s1)/C(N)=N/O. The lowest BCUT2D eigenvalue weighted by Crippen LogP contribution is -2.50. The summed E-state index contributed by atoms with van der Waals surface area (Å²) in [5.41, 5.74) is 4.66. The maximum atomic E-state index is 12.3. The summed E-state index contributed by atoms with van der Waals surface area (Å²) in [6.45, 7) is 7.53. The molecule has 0 spiro atoms. The van der Waals surface area contributed by atoms with Gasteiger partial charge in [0.25, 0.3) is 0 Å². The Morgan fingerprint density at radius 1 is 1.60 bits per heavy atom. The van der Waals surface area contributed by atoms with Gasteiger partial charge in [0.2, 0.25) is 5.91 Å². The fourth-order valence-corrected chi connectivity index (χ4v) is 2.92. The van der Waals surface area contributed by atoms with Gasteiger partial charge in [0, 0.05) is 22.2 Å². The summed E-state index contributed by atoms with van der Waals surface area (Å²) in [7, 11) is 0. The zero-order valence-electron chi connectivity index (χ0n) is 12.4. The number of nitrogens with zero attached hydrogens (tertiary/aromatic N) is 1. The molecular formula is C14H23N3O2S. The van der Waals surface area contributed by atoms with Gasteiger partial charge < -0.3 is 16.3 Å². The van der Waals surface area contributed by atoms with Crippen molar-refractivity contribution >= 4 is 23.1 Å². The second-order valence-corrected chi connectivity index (χ2v) is 6.63. The summed E-state index contributed by atoms with van der Waals surface area (Å²) in [4.78, 5) is 14.8. The lowest BCUT2D eigenvalue weighted by Gasteiger charge is -2.27.